The lowest BCUT2D eigenvalue weighted by atomic mass is 10.1. The maximum absolute atomic E-state index is 12.0. The first-order valence-corrected chi connectivity index (χ1v) is 7.68. The predicted molar refractivity (Wildman–Crippen MR) is 93.1 cm³/mol. The Morgan fingerprint density at radius 3 is 2.64 bits per heavy atom. The van der Waals surface area contributed by atoms with Crippen molar-refractivity contribution in [1.82, 2.24) is 10.3 Å². The molecule has 0 fully saturated rings. The number of hydrogen-bond donors (Lipinski definition) is 2. The molecule has 6 nitrogen and oxygen atoms in total. The van der Waals surface area contributed by atoms with Gasteiger partial charge in [0.25, 0.3) is 5.91 Å². The second kappa shape index (κ2) is 7.00. The third kappa shape index (κ3) is 3.42. The fourth-order valence-corrected chi connectivity index (χ4v) is 2.50. The van der Waals surface area contributed by atoms with E-state index >= 15 is 0 Å². The Balaban J connectivity index is 1.99. The minimum Gasteiger partial charge on any atom is -0.505 e. The molecule has 0 aliphatic rings. The van der Waals surface area contributed by atoms with Crippen LogP contribution in [-0.2, 0) is 4.79 Å². The molecule has 1 aromatic heterocycles. The average molecular weight is 336 g/mol. The minimum atomic E-state index is -0.598. The molecule has 25 heavy (non-hydrogen) atoms. The summed E-state index contributed by atoms with van der Waals surface area (Å²) in [5, 5.41) is 13.9. The van der Waals surface area contributed by atoms with E-state index < -0.39 is 5.91 Å². The van der Waals surface area contributed by atoms with Crippen molar-refractivity contribution in [1.29, 1.82) is 0 Å². The van der Waals surface area contributed by atoms with Crippen molar-refractivity contribution in [3.8, 4) is 17.2 Å². The molecule has 0 saturated carbocycles. The Hall–Kier alpha value is -3.41. The molecule has 2 aromatic carbocycles. The van der Waals surface area contributed by atoms with Gasteiger partial charge in [-0.1, -0.05) is 18.2 Å². The highest BCUT2D eigenvalue weighted by molar-refractivity contribution is 6.03. The molecule has 1 heterocycles. The largest absolute Gasteiger partial charge is 0.505 e. The summed E-state index contributed by atoms with van der Waals surface area (Å²) in [6.07, 6.45) is 0.566. The van der Waals surface area contributed by atoms with Gasteiger partial charge in [-0.05, 0) is 37.3 Å². The smallest absolute Gasteiger partial charge is 0.274 e. The van der Waals surface area contributed by atoms with Crippen molar-refractivity contribution < 1.29 is 19.4 Å². The lowest BCUT2D eigenvalue weighted by Gasteiger charge is -2.11. The van der Waals surface area contributed by atoms with Crippen LogP contribution in [0.5, 0.6) is 17.2 Å². The first-order valence-electron chi connectivity index (χ1n) is 7.68. The molecule has 0 aliphatic carbocycles. The Kier molecular flexibility index (Phi) is 4.61. The van der Waals surface area contributed by atoms with Crippen molar-refractivity contribution in [3.63, 3.8) is 0 Å². The topological polar surface area (TPSA) is 88.5 Å². The number of carbonyl (C=O) groups is 2. The summed E-state index contributed by atoms with van der Waals surface area (Å²) in [7, 11) is 0. The van der Waals surface area contributed by atoms with Gasteiger partial charge in [-0.25, -0.2) is 4.98 Å². The van der Waals surface area contributed by atoms with E-state index in [0.717, 1.165) is 0 Å². The van der Waals surface area contributed by atoms with Gasteiger partial charge in [0.05, 0.1) is 6.54 Å². The highest BCUT2D eigenvalue weighted by atomic mass is 16.5. The molecule has 3 rings (SSSR count). The number of rotatable bonds is 5. The van der Waals surface area contributed by atoms with Gasteiger partial charge in [0, 0.05) is 16.5 Å². The molecule has 0 atom stereocenters. The van der Waals surface area contributed by atoms with Crippen molar-refractivity contribution in [2.75, 3.05) is 6.54 Å². The third-order valence-electron chi connectivity index (χ3n) is 3.68. The number of benzene rings is 2. The third-order valence-corrected chi connectivity index (χ3v) is 3.68. The van der Waals surface area contributed by atoms with Crippen LogP contribution < -0.4 is 10.1 Å². The highest BCUT2D eigenvalue weighted by Crippen LogP contribution is 2.33. The lowest BCUT2D eigenvalue weighted by Crippen LogP contribution is -2.26. The van der Waals surface area contributed by atoms with Crippen LogP contribution in [0.2, 0.25) is 0 Å². The number of amides is 1. The van der Waals surface area contributed by atoms with Crippen molar-refractivity contribution in [2.24, 2.45) is 0 Å². The van der Waals surface area contributed by atoms with Crippen LogP contribution in [0.1, 0.15) is 16.2 Å². The second-order valence-corrected chi connectivity index (χ2v) is 5.39. The maximum Gasteiger partial charge on any atom is 0.274 e. The number of para-hydroxylation sites is 1. The number of nitrogens with one attached hydrogen (secondary N) is 1. The standard InChI is InChI=1S/C19H16N2O4/c1-12-16-11-14(25-13-5-3-2-4-6-13)7-8-15(16)18(23)17(21-12)19(24)20-9-10-22/h2-8,10-11,23H,9H2,1H3,(H,20,24). The molecule has 3 aromatic rings. The fourth-order valence-electron chi connectivity index (χ4n) is 2.50. The van der Waals surface area contributed by atoms with Gasteiger partial charge < -0.3 is 20.0 Å². The Morgan fingerprint density at radius 2 is 1.92 bits per heavy atom. The summed E-state index contributed by atoms with van der Waals surface area (Å²) in [4.78, 5) is 26.6. The SMILES string of the molecule is Cc1nc(C(=O)NCC=O)c(O)c2ccc(Oc3ccccc3)cc12. The number of nitrogens with zero attached hydrogens (tertiary/aromatic N) is 1. The second-order valence-electron chi connectivity index (χ2n) is 5.39. The van der Waals surface area contributed by atoms with E-state index in [-0.39, 0.29) is 18.0 Å². The number of carbonyl (C=O) groups excluding carboxylic acids is 2. The molecule has 6 heteroatoms. The van der Waals surface area contributed by atoms with Crippen LogP contribution in [0, 0.1) is 6.92 Å². The summed E-state index contributed by atoms with van der Waals surface area (Å²) in [6.45, 7) is 1.60. The zero-order chi connectivity index (χ0) is 17.8. The van der Waals surface area contributed by atoms with E-state index in [1.165, 1.54) is 0 Å². The van der Waals surface area contributed by atoms with Gasteiger partial charge in [-0.15, -0.1) is 0 Å². The number of hydrogen-bond acceptors (Lipinski definition) is 5. The van der Waals surface area contributed by atoms with Gasteiger partial charge in [-0.3, -0.25) is 4.79 Å². The molecule has 1 amide bonds. The first kappa shape index (κ1) is 16.4. The number of aromatic hydroxyl groups is 1. The zero-order valence-electron chi connectivity index (χ0n) is 13.5. The average Bonchev–Trinajstić information content (AvgIpc) is 2.63. The van der Waals surface area contributed by atoms with Crippen LogP contribution in [0.3, 0.4) is 0 Å². The van der Waals surface area contributed by atoms with E-state index in [1.807, 2.05) is 30.3 Å². The number of fused-ring (bicyclic) bond motifs is 1. The molecule has 0 spiro atoms. The van der Waals surface area contributed by atoms with Crippen LogP contribution in [0.15, 0.2) is 48.5 Å². The summed E-state index contributed by atoms with van der Waals surface area (Å²) < 4.78 is 5.78. The predicted octanol–water partition coefficient (Wildman–Crippen LogP) is 2.97. The molecular formula is C19H16N2O4. The van der Waals surface area contributed by atoms with Crippen LogP contribution in [-0.4, -0.2) is 28.8 Å². The number of ether oxygens (including phenoxy) is 1. The van der Waals surface area contributed by atoms with Crippen LogP contribution >= 0.6 is 0 Å². The Bertz CT molecular complexity index is 939. The molecule has 0 unspecified atom stereocenters. The lowest BCUT2D eigenvalue weighted by molar-refractivity contribution is -0.107. The van der Waals surface area contributed by atoms with Crippen LogP contribution in [0.4, 0.5) is 0 Å². The van der Waals surface area contributed by atoms with Gasteiger partial charge >= 0.3 is 0 Å². The quantitative estimate of drug-likeness (QED) is 0.699. The molecule has 0 aliphatic heterocycles. The van der Waals surface area contributed by atoms with Gasteiger partial charge in [0.1, 0.15) is 17.8 Å². The first-order chi connectivity index (χ1) is 12.1. The highest BCUT2D eigenvalue weighted by Gasteiger charge is 2.18. The molecule has 0 radical (unpaired) electrons. The van der Waals surface area contributed by atoms with E-state index in [4.69, 9.17) is 4.74 Å². The van der Waals surface area contributed by atoms with Crippen molar-refractivity contribution in [3.05, 3.63) is 59.9 Å². The van der Waals surface area contributed by atoms with E-state index in [1.54, 1.807) is 25.1 Å². The van der Waals surface area contributed by atoms with Gasteiger partial charge in [-0.2, -0.15) is 0 Å². The van der Waals surface area contributed by atoms with Crippen molar-refractivity contribution in [2.45, 2.75) is 6.92 Å². The summed E-state index contributed by atoms with van der Waals surface area (Å²) in [5.41, 5.74) is 0.464. The zero-order valence-corrected chi connectivity index (χ0v) is 13.5. The molecule has 126 valence electrons. The molecular weight excluding hydrogens is 320 g/mol. The Morgan fingerprint density at radius 1 is 1.16 bits per heavy atom. The fraction of sp³-hybridized carbons (Fsp3) is 0.105. The number of aryl methyl sites for hydroxylation is 1. The molecule has 0 bridgehead atoms. The molecule has 0 saturated heterocycles. The van der Waals surface area contributed by atoms with E-state index in [9.17, 15) is 14.7 Å². The normalized spacial score (nSPS) is 10.4. The van der Waals surface area contributed by atoms with Gasteiger partial charge in [0.15, 0.2) is 11.4 Å². The van der Waals surface area contributed by atoms with Crippen LogP contribution in [0.25, 0.3) is 10.8 Å². The number of aldehydes is 1. The maximum atomic E-state index is 12.0. The number of aromatic nitrogens is 1. The summed E-state index contributed by atoms with van der Waals surface area (Å²) in [6, 6.07) is 14.5. The van der Waals surface area contributed by atoms with Crippen molar-refractivity contribution >= 4 is 23.0 Å². The molecule has 2 N–H and O–H groups in total. The number of pyridine rings is 1. The Labute approximate surface area is 144 Å². The summed E-state index contributed by atoms with van der Waals surface area (Å²) in [5.74, 6) is 0.470. The minimum absolute atomic E-state index is 0.108. The van der Waals surface area contributed by atoms with Gasteiger partial charge in [0.2, 0.25) is 0 Å². The monoisotopic (exact) mass is 336 g/mol. The summed E-state index contributed by atoms with van der Waals surface area (Å²) >= 11 is 0. The van der Waals surface area contributed by atoms with E-state index in [0.29, 0.717) is 34.3 Å². The van der Waals surface area contributed by atoms with E-state index in [2.05, 4.69) is 10.3 Å².